The largest absolute Gasteiger partial charge is 0.477 e. The summed E-state index contributed by atoms with van der Waals surface area (Å²) in [6.45, 7) is 0.210. The van der Waals surface area contributed by atoms with Crippen LogP contribution in [0.25, 0.3) is 27.9 Å². The molecule has 0 aliphatic carbocycles. The quantitative estimate of drug-likeness (QED) is 0.262. The number of fused-ring (bicyclic) bond motifs is 1. The fraction of sp³-hybridized carbons (Fsp3) is 0.0800. The van der Waals surface area contributed by atoms with E-state index >= 15 is 0 Å². The number of benzene rings is 2. The summed E-state index contributed by atoms with van der Waals surface area (Å²) in [7, 11) is 0. The number of alkyl halides is 3. The summed E-state index contributed by atoms with van der Waals surface area (Å²) in [5.74, 6) is -0.272. The van der Waals surface area contributed by atoms with Crippen molar-refractivity contribution in [3.63, 3.8) is 0 Å². The van der Waals surface area contributed by atoms with E-state index in [1.54, 1.807) is 59.4 Å². The van der Waals surface area contributed by atoms with E-state index in [2.05, 4.69) is 4.98 Å². The smallest absolute Gasteiger partial charge is 0.416 e. The third kappa shape index (κ3) is 4.45. The van der Waals surface area contributed by atoms with E-state index in [-0.39, 0.29) is 23.0 Å². The highest BCUT2D eigenvalue weighted by molar-refractivity contribution is 7.15. The van der Waals surface area contributed by atoms with Crippen molar-refractivity contribution in [3.8, 4) is 28.1 Å². The van der Waals surface area contributed by atoms with Crippen molar-refractivity contribution < 1.29 is 22.7 Å². The molecule has 0 aliphatic heterocycles. The first-order valence-electron chi connectivity index (χ1n) is 10.5. The van der Waals surface area contributed by atoms with Crippen LogP contribution in [0.3, 0.4) is 0 Å². The normalized spacial score (nSPS) is 11.8. The molecule has 3 aromatic heterocycles. The molecule has 0 saturated carbocycles. The summed E-state index contributed by atoms with van der Waals surface area (Å²) in [5.41, 5.74) is 0.386. The van der Waals surface area contributed by atoms with Crippen molar-refractivity contribution in [2.75, 3.05) is 0 Å². The number of hydrogen-bond donors (Lipinski definition) is 1. The molecule has 5 rings (SSSR count). The topological polar surface area (TPSA) is 59.2 Å². The van der Waals surface area contributed by atoms with Crippen molar-refractivity contribution in [3.05, 3.63) is 103 Å². The third-order valence-corrected chi connectivity index (χ3v) is 7.04. The van der Waals surface area contributed by atoms with Crippen molar-refractivity contribution in [2.24, 2.45) is 0 Å². The van der Waals surface area contributed by atoms with Gasteiger partial charge in [-0.05, 0) is 35.4 Å². The molecule has 0 aliphatic rings. The molecule has 36 heavy (non-hydrogen) atoms. The number of aromatic hydroxyl groups is 1. The second-order valence-electron chi connectivity index (χ2n) is 7.87. The number of halogens is 5. The van der Waals surface area contributed by atoms with Gasteiger partial charge < -0.3 is 5.11 Å². The maximum absolute atomic E-state index is 13.4. The van der Waals surface area contributed by atoms with E-state index in [0.717, 1.165) is 17.0 Å². The zero-order valence-corrected chi connectivity index (χ0v) is 20.5. The first kappa shape index (κ1) is 24.3. The number of rotatable bonds is 4. The highest BCUT2D eigenvalue weighted by Crippen LogP contribution is 2.37. The molecule has 11 heteroatoms. The van der Waals surface area contributed by atoms with E-state index < -0.39 is 17.3 Å². The molecule has 0 bridgehead atoms. The molecule has 182 valence electrons. The second-order valence-corrected chi connectivity index (χ2v) is 9.98. The summed E-state index contributed by atoms with van der Waals surface area (Å²) < 4.78 is 42.5. The van der Waals surface area contributed by atoms with E-state index in [4.69, 9.17) is 23.2 Å². The lowest BCUT2D eigenvalue weighted by Crippen LogP contribution is -2.43. The van der Waals surface area contributed by atoms with Gasteiger partial charge in [-0.25, -0.2) is 9.78 Å². The first-order chi connectivity index (χ1) is 17.1. The number of thiazole rings is 1. The van der Waals surface area contributed by atoms with Gasteiger partial charge in [-0.3, -0.25) is 0 Å². The third-order valence-electron chi connectivity index (χ3n) is 5.62. The van der Waals surface area contributed by atoms with Gasteiger partial charge in [0.25, 0.3) is 11.5 Å². The van der Waals surface area contributed by atoms with Crippen LogP contribution in [0.1, 0.15) is 10.4 Å². The Balaban J connectivity index is 1.68. The van der Waals surface area contributed by atoms with Crippen LogP contribution in [0.15, 0.2) is 77.9 Å². The molecule has 0 spiro atoms. The van der Waals surface area contributed by atoms with E-state index in [9.17, 15) is 23.1 Å². The van der Waals surface area contributed by atoms with Crippen molar-refractivity contribution >= 4 is 40.2 Å². The van der Waals surface area contributed by atoms with Crippen LogP contribution < -0.4 is 9.96 Å². The molecule has 0 fully saturated rings. The van der Waals surface area contributed by atoms with Gasteiger partial charge in [0.1, 0.15) is 6.54 Å². The molecule has 0 saturated heterocycles. The van der Waals surface area contributed by atoms with Crippen molar-refractivity contribution in [2.45, 2.75) is 12.7 Å². The van der Waals surface area contributed by atoms with Crippen LogP contribution in [-0.4, -0.2) is 14.7 Å². The Kier molecular flexibility index (Phi) is 6.23. The highest BCUT2D eigenvalue weighted by atomic mass is 35.5. The Morgan fingerprint density at radius 3 is 2.50 bits per heavy atom. The van der Waals surface area contributed by atoms with Gasteiger partial charge in [-0.15, -0.1) is 11.3 Å². The molecule has 3 heterocycles. The van der Waals surface area contributed by atoms with Gasteiger partial charge in [0.15, 0.2) is 10.0 Å². The standard InChI is InChI=1S/C25H14Cl2F3N3O2S/c26-19-11-16(25(28,29)30)7-8-18(19)14-4-3-5-15(10-14)21-22(34)32-9-2-1-6-20(32)33(23(21)35)13-17-12-31-24(27)36-17/h1-12H,13H2/p+1. The molecule has 5 aromatic rings. The average molecular weight is 549 g/mol. The minimum atomic E-state index is -4.52. The predicted octanol–water partition coefficient (Wildman–Crippen LogP) is 6.46. The highest BCUT2D eigenvalue weighted by Gasteiger charge is 2.31. The van der Waals surface area contributed by atoms with Crippen LogP contribution in [0.4, 0.5) is 13.2 Å². The predicted molar refractivity (Wildman–Crippen MR) is 133 cm³/mol. The van der Waals surface area contributed by atoms with Gasteiger partial charge in [0.2, 0.25) is 0 Å². The summed E-state index contributed by atoms with van der Waals surface area (Å²) >= 11 is 13.4. The molecule has 1 N–H and O–H groups in total. The Labute approximate surface area is 216 Å². The number of pyridine rings is 1. The minimum Gasteiger partial charge on any atom is -0.477 e. The lowest BCUT2D eigenvalue weighted by molar-refractivity contribution is -0.532. The molecule has 5 nitrogen and oxygen atoms in total. The van der Waals surface area contributed by atoms with Gasteiger partial charge >= 0.3 is 11.7 Å². The van der Waals surface area contributed by atoms with Crippen LogP contribution in [0, 0.1) is 0 Å². The van der Waals surface area contributed by atoms with Crippen molar-refractivity contribution in [1.29, 1.82) is 0 Å². The van der Waals surface area contributed by atoms with Gasteiger partial charge in [-0.2, -0.15) is 22.1 Å². The molecule has 0 amide bonds. The van der Waals surface area contributed by atoms with E-state index in [1.807, 2.05) is 0 Å². The minimum absolute atomic E-state index is 0.0270. The monoisotopic (exact) mass is 548 g/mol. The van der Waals surface area contributed by atoms with Crippen molar-refractivity contribution in [1.82, 2.24) is 9.55 Å². The van der Waals surface area contributed by atoms with Gasteiger partial charge in [0, 0.05) is 22.8 Å². The Bertz CT molecular complexity index is 1680. The maximum atomic E-state index is 13.4. The van der Waals surface area contributed by atoms with E-state index in [0.29, 0.717) is 26.8 Å². The first-order valence-corrected chi connectivity index (χ1v) is 12.0. The Morgan fingerprint density at radius 1 is 1.03 bits per heavy atom. The fourth-order valence-electron chi connectivity index (χ4n) is 3.97. The lowest BCUT2D eigenvalue weighted by atomic mass is 9.99. The van der Waals surface area contributed by atoms with E-state index in [1.165, 1.54) is 21.8 Å². The SMILES string of the molecule is O=c1c(-c2cccc(-c3ccc(C(F)(F)F)cc3Cl)c2)c(O)n(Cc2cnc(Cl)s2)c2cccc[n+]12. The van der Waals surface area contributed by atoms with Crippen LogP contribution in [0.2, 0.25) is 9.49 Å². The van der Waals surface area contributed by atoms with Crippen LogP contribution in [0.5, 0.6) is 5.88 Å². The summed E-state index contributed by atoms with van der Waals surface area (Å²) in [6.07, 6.45) is -1.34. The maximum Gasteiger partial charge on any atom is 0.416 e. The van der Waals surface area contributed by atoms with Crippen LogP contribution in [-0.2, 0) is 12.7 Å². The fourth-order valence-corrected chi connectivity index (χ4v) is 5.23. The zero-order valence-electron chi connectivity index (χ0n) is 18.1. The summed E-state index contributed by atoms with van der Waals surface area (Å²) in [5, 5.41) is 11.2. The van der Waals surface area contributed by atoms with Crippen LogP contribution >= 0.6 is 34.5 Å². The Hall–Kier alpha value is -3.40. The average Bonchev–Trinajstić information content (AvgIpc) is 3.26. The number of nitrogens with zero attached hydrogens (tertiary/aromatic N) is 3. The Morgan fingerprint density at radius 2 is 1.81 bits per heavy atom. The zero-order chi connectivity index (χ0) is 25.6. The molecular formula is C25H15Cl2F3N3O2S+. The molecule has 0 unspecified atom stereocenters. The number of aromatic nitrogens is 3. The molecular weight excluding hydrogens is 534 g/mol. The van der Waals surface area contributed by atoms with Gasteiger partial charge in [-0.1, -0.05) is 53.5 Å². The summed E-state index contributed by atoms with van der Waals surface area (Å²) in [4.78, 5) is 18.2. The molecule has 2 aromatic carbocycles. The molecule has 0 radical (unpaired) electrons. The molecule has 0 atom stereocenters. The summed E-state index contributed by atoms with van der Waals surface area (Å²) in [6, 6.07) is 14.8. The second kappa shape index (κ2) is 9.24. The van der Waals surface area contributed by atoms with Gasteiger partial charge in [0.05, 0.1) is 16.6 Å². The number of hydrogen-bond acceptors (Lipinski definition) is 4. The lowest BCUT2D eigenvalue weighted by Gasteiger charge is -2.12.